The average Bonchev–Trinajstić information content (AvgIpc) is 3.22. The van der Waals surface area contributed by atoms with Crippen LogP contribution in [0.5, 0.6) is 5.88 Å². The summed E-state index contributed by atoms with van der Waals surface area (Å²) in [5.74, 6) is 0.711. The molecule has 1 amide bonds. The molecule has 0 radical (unpaired) electrons. The zero-order valence-corrected chi connectivity index (χ0v) is 17.8. The summed E-state index contributed by atoms with van der Waals surface area (Å²) in [7, 11) is 0. The minimum atomic E-state index is -0.285. The summed E-state index contributed by atoms with van der Waals surface area (Å²) < 4.78 is 6.59. The van der Waals surface area contributed by atoms with Crippen molar-refractivity contribution in [3.05, 3.63) is 45.6 Å². The van der Waals surface area contributed by atoms with Crippen LogP contribution in [0.15, 0.2) is 24.3 Å². The average molecular weight is 436 g/mol. The fraction of sp³-hybridized carbons (Fsp3) is 0.421. The number of hydrogen-bond acceptors (Lipinski definition) is 7. The molecule has 10 heteroatoms. The Labute approximate surface area is 177 Å². The molecule has 1 aromatic carbocycles. The largest absolute Gasteiger partial charge is 0.492 e. The van der Waals surface area contributed by atoms with Crippen LogP contribution in [0.4, 0.5) is 4.79 Å². The Morgan fingerprint density at radius 2 is 1.97 bits per heavy atom. The quantitative estimate of drug-likeness (QED) is 0.676. The van der Waals surface area contributed by atoms with Gasteiger partial charge < -0.3 is 14.7 Å². The van der Waals surface area contributed by atoms with Crippen LogP contribution in [-0.2, 0) is 4.74 Å². The highest BCUT2D eigenvalue weighted by Crippen LogP contribution is 2.40. The third-order valence-corrected chi connectivity index (χ3v) is 6.27. The van der Waals surface area contributed by atoms with Gasteiger partial charge in [-0.05, 0) is 31.5 Å². The van der Waals surface area contributed by atoms with Crippen LogP contribution in [-0.4, -0.2) is 68.4 Å². The maximum atomic E-state index is 12.0. The summed E-state index contributed by atoms with van der Waals surface area (Å²) in [5.41, 5.74) is 1.01. The number of aryl methyl sites for hydroxylation is 1. The van der Waals surface area contributed by atoms with Gasteiger partial charge in [0.15, 0.2) is 0 Å². The second kappa shape index (κ2) is 8.17. The van der Waals surface area contributed by atoms with Gasteiger partial charge in [0.25, 0.3) is 0 Å². The number of rotatable bonds is 4. The molecule has 3 aromatic rings. The van der Waals surface area contributed by atoms with Gasteiger partial charge in [0.2, 0.25) is 10.8 Å². The third kappa shape index (κ3) is 3.90. The number of carbonyl (C=O) groups excluding carboxylic acids is 1. The van der Waals surface area contributed by atoms with Crippen LogP contribution < -0.4 is 0 Å². The van der Waals surface area contributed by atoms with Crippen LogP contribution in [0, 0.1) is 6.92 Å². The first-order valence-corrected chi connectivity index (χ1v) is 10.6. The van der Waals surface area contributed by atoms with Crippen molar-refractivity contribution in [3.8, 4) is 5.88 Å². The second-order valence-electron chi connectivity index (χ2n) is 6.82. The SMILES string of the molecule is CCOC(=O)N1CCN(C(c2ccc(Cl)cc2)c2sc3nc(C)nn3c2O)CC1. The van der Waals surface area contributed by atoms with E-state index in [1.165, 1.54) is 15.9 Å². The van der Waals surface area contributed by atoms with Crippen LogP contribution in [0.2, 0.25) is 5.02 Å². The van der Waals surface area contributed by atoms with E-state index < -0.39 is 0 Å². The van der Waals surface area contributed by atoms with Crippen molar-refractivity contribution in [2.24, 2.45) is 0 Å². The van der Waals surface area contributed by atoms with E-state index in [-0.39, 0.29) is 18.0 Å². The fourth-order valence-electron chi connectivity index (χ4n) is 3.58. The Hall–Kier alpha value is -2.36. The van der Waals surface area contributed by atoms with Crippen molar-refractivity contribution in [3.63, 3.8) is 0 Å². The molecule has 1 aliphatic heterocycles. The lowest BCUT2D eigenvalue weighted by Crippen LogP contribution is -2.49. The predicted octanol–water partition coefficient (Wildman–Crippen LogP) is 3.32. The third-order valence-electron chi connectivity index (χ3n) is 4.95. The molecule has 154 valence electrons. The van der Waals surface area contributed by atoms with Gasteiger partial charge in [0.1, 0.15) is 5.82 Å². The first-order chi connectivity index (χ1) is 14.0. The van der Waals surface area contributed by atoms with Gasteiger partial charge in [0, 0.05) is 31.2 Å². The Morgan fingerprint density at radius 1 is 1.28 bits per heavy atom. The number of carbonyl (C=O) groups is 1. The normalized spacial score (nSPS) is 16.3. The monoisotopic (exact) mass is 435 g/mol. The minimum absolute atomic E-state index is 0.0957. The summed E-state index contributed by atoms with van der Waals surface area (Å²) in [6.45, 7) is 6.38. The molecule has 0 aliphatic carbocycles. The molecule has 1 unspecified atom stereocenters. The van der Waals surface area contributed by atoms with Gasteiger partial charge in [-0.2, -0.15) is 4.52 Å². The molecule has 0 saturated carbocycles. The number of thiazole rings is 1. The number of piperazine rings is 1. The fourth-order valence-corrected chi connectivity index (χ4v) is 4.87. The Bertz CT molecular complexity index is 1010. The van der Waals surface area contributed by atoms with E-state index in [9.17, 15) is 9.90 Å². The molecule has 2 aromatic heterocycles. The molecule has 1 atom stereocenters. The lowest BCUT2D eigenvalue weighted by atomic mass is 10.0. The summed E-state index contributed by atoms with van der Waals surface area (Å²) in [6.07, 6.45) is -0.285. The standard InChI is InChI=1S/C19H22ClN5O3S/c1-3-28-19(27)24-10-8-23(9-11-24)15(13-4-6-14(20)7-5-13)16-17(26)25-18(29-16)21-12(2)22-25/h4-7,15,26H,3,8-11H2,1-2H3. The number of amides is 1. The van der Waals surface area contributed by atoms with Gasteiger partial charge in [-0.3, -0.25) is 4.90 Å². The molecular formula is C19H22ClN5O3S. The molecule has 0 spiro atoms. The van der Waals surface area contributed by atoms with Gasteiger partial charge >= 0.3 is 6.09 Å². The zero-order valence-electron chi connectivity index (χ0n) is 16.2. The van der Waals surface area contributed by atoms with Crippen molar-refractivity contribution >= 4 is 34.0 Å². The van der Waals surface area contributed by atoms with Crippen molar-refractivity contribution in [2.45, 2.75) is 19.9 Å². The van der Waals surface area contributed by atoms with E-state index in [4.69, 9.17) is 16.3 Å². The lowest BCUT2D eigenvalue weighted by molar-refractivity contribution is 0.0715. The number of aromatic nitrogens is 3. The molecule has 0 bridgehead atoms. The number of halogens is 1. The lowest BCUT2D eigenvalue weighted by Gasteiger charge is -2.38. The van der Waals surface area contributed by atoms with E-state index in [1.54, 1.807) is 18.7 Å². The van der Waals surface area contributed by atoms with Crippen LogP contribution in [0.1, 0.15) is 29.2 Å². The molecule has 1 N–H and O–H groups in total. The van der Waals surface area contributed by atoms with Gasteiger partial charge in [-0.1, -0.05) is 35.1 Å². The van der Waals surface area contributed by atoms with Crippen LogP contribution in [0.25, 0.3) is 4.96 Å². The van der Waals surface area contributed by atoms with Gasteiger partial charge in [0.05, 0.1) is 17.5 Å². The molecular weight excluding hydrogens is 414 g/mol. The van der Waals surface area contributed by atoms with E-state index in [0.717, 1.165) is 10.4 Å². The molecule has 1 aliphatic rings. The molecule has 8 nitrogen and oxygen atoms in total. The highest BCUT2D eigenvalue weighted by Gasteiger charge is 2.32. The first kappa shape index (κ1) is 19.9. The number of benzene rings is 1. The Balaban J connectivity index is 1.66. The zero-order chi connectivity index (χ0) is 20.5. The summed E-state index contributed by atoms with van der Waals surface area (Å²) in [5, 5.41) is 15.8. The van der Waals surface area contributed by atoms with Crippen molar-refractivity contribution in [1.29, 1.82) is 0 Å². The van der Waals surface area contributed by atoms with E-state index in [2.05, 4.69) is 15.0 Å². The summed E-state index contributed by atoms with van der Waals surface area (Å²) >= 11 is 7.50. The summed E-state index contributed by atoms with van der Waals surface area (Å²) in [4.78, 5) is 21.8. The molecule has 4 rings (SSSR count). The maximum Gasteiger partial charge on any atom is 0.409 e. The second-order valence-corrected chi connectivity index (χ2v) is 8.26. The first-order valence-electron chi connectivity index (χ1n) is 9.44. The number of nitrogens with zero attached hydrogens (tertiary/aromatic N) is 5. The highest BCUT2D eigenvalue weighted by molar-refractivity contribution is 7.17. The van der Waals surface area contributed by atoms with E-state index in [1.807, 2.05) is 24.3 Å². The van der Waals surface area contributed by atoms with Crippen molar-refractivity contribution < 1.29 is 14.6 Å². The molecule has 1 fully saturated rings. The van der Waals surface area contributed by atoms with Gasteiger partial charge in [-0.15, -0.1) is 5.10 Å². The summed E-state index contributed by atoms with van der Waals surface area (Å²) in [6, 6.07) is 7.43. The number of hydrogen-bond donors (Lipinski definition) is 1. The van der Waals surface area contributed by atoms with E-state index >= 15 is 0 Å². The van der Waals surface area contributed by atoms with Crippen molar-refractivity contribution in [1.82, 2.24) is 24.4 Å². The predicted molar refractivity (Wildman–Crippen MR) is 111 cm³/mol. The van der Waals surface area contributed by atoms with Gasteiger partial charge in [-0.25, -0.2) is 9.78 Å². The highest BCUT2D eigenvalue weighted by atomic mass is 35.5. The number of ether oxygens (including phenoxy) is 1. The number of aromatic hydroxyl groups is 1. The molecule has 3 heterocycles. The smallest absolute Gasteiger partial charge is 0.409 e. The molecule has 29 heavy (non-hydrogen) atoms. The molecule has 1 saturated heterocycles. The van der Waals surface area contributed by atoms with E-state index in [0.29, 0.717) is 48.6 Å². The van der Waals surface area contributed by atoms with Crippen molar-refractivity contribution in [2.75, 3.05) is 32.8 Å². The van der Waals surface area contributed by atoms with Crippen LogP contribution in [0.3, 0.4) is 0 Å². The Kier molecular flexibility index (Phi) is 5.62. The maximum absolute atomic E-state index is 12.0. The topological polar surface area (TPSA) is 83.2 Å². The van der Waals surface area contributed by atoms with Crippen LogP contribution >= 0.6 is 22.9 Å². The number of fused-ring (bicyclic) bond motifs is 1. The minimum Gasteiger partial charge on any atom is -0.492 e. The Morgan fingerprint density at radius 3 is 2.59 bits per heavy atom.